The molecule has 0 spiro atoms. The fraction of sp³-hybridized carbons (Fsp3) is 0.500. The van der Waals surface area contributed by atoms with Gasteiger partial charge in [-0.2, -0.15) is 0 Å². The third-order valence-corrected chi connectivity index (χ3v) is 3.41. The number of carbonyl (C=O) groups is 1. The smallest absolute Gasteiger partial charge is 0.319 e. The van der Waals surface area contributed by atoms with Crippen LogP contribution in [0.3, 0.4) is 0 Å². The minimum absolute atomic E-state index is 0.152. The Labute approximate surface area is 107 Å². The molecule has 2 amide bonds. The average Bonchev–Trinajstić information content (AvgIpc) is 3.08. The van der Waals surface area contributed by atoms with Crippen LogP contribution in [0.1, 0.15) is 38.4 Å². The van der Waals surface area contributed by atoms with Crippen molar-refractivity contribution in [1.29, 1.82) is 0 Å². The number of benzene rings is 1. The monoisotopic (exact) mass is 248 g/mol. The van der Waals surface area contributed by atoms with E-state index in [-0.39, 0.29) is 6.03 Å². The van der Waals surface area contributed by atoms with Crippen molar-refractivity contribution in [3.63, 3.8) is 0 Å². The number of amides is 2. The molecule has 4 nitrogen and oxygen atoms in total. The van der Waals surface area contributed by atoms with Crippen LogP contribution in [-0.2, 0) is 0 Å². The summed E-state index contributed by atoms with van der Waals surface area (Å²) in [5.41, 5.74) is 1.58. The molecule has 0 bridgehead atoms. The van der Waals surface area contributed by atoms with E-state index >= 15 is 0 Å². The Bertz CT molecular complexity index is 414. The van der Waals surface area contributed by atoms with Gasteiger partial charge in [-0.25, -0.2) is 4.79 Å². The van der Waals surface area contributed by atoms with Crippen molar-refractivity contribution < 1.29 is 9.90 Å². The van der Waals surface area contributed by atoms with Gasteiger partial charge in [0.05, 0.1) is 6.10 Å². The molecule has 0 heterocycles. The zero-order valence-corrected chi connectivity index (χ0v) is 10.8. The van der Waals surface area contributed by atoms with Gasteiger partial charge in [-0.15, -0.1) is 0 Å². The lowest BCUT2D eigenvalue weighted by atomic mass is 10.1. The normalized spacial score (nSPS) is 23.3. The summed E-state index contributed by atoms with van der Waals surface area (Å²) in [6.07, 6.45) is 1.73. The molecule has 1 aromatic carbocycles. The van der Waals surface area contributed by atoms with E-state index < -0.39 is 6.10 Å². The first-order valence-corrected chi connectivity index (χ1v) is 6.45. The van der Waals surface area contributed by atoms with E-state index in [9.17, 15) is 9.90 Å². The predicted octanol–water partition coefficient (Wildman–Crippen LogP) is 2.66. The molecule has 1 saturated carbocycles. The van der Waals surface area contributed by atoms with Gasteiger partial charge in [0.2, 0.25) is 0 Å². The molecule has 98 valence electrons. The zero-order chi connectivity index (χ0) is 13.1. The van der Waals surface area contributed by atoms with Gasteiger partial charge in [-0.05, 0) is 37.0 Å². The van der Waals surface area contributed by atoms with Gasteiger partial charge < -0.3 is 15.7 Å². The number of hydrogen-bond donors (Lipinski definition) is 3. The SMILES string of the molecule is CCC1CC1NC(=O)Nc1ccc(C(C)O)cc1. The summed E-state index contributed by atoms with van der Waals surface area (Å²) in [6.45, 7) is 3.85. The molecule has 1 aromatic rings. The lowest BCUT2D eigenvalue weighted by Gasteiger charge is -2.09. The molecule has 1 fully saturated rings. The molecule has 0 radical (unpaired) electrons. The Morgan fingerprint density at radius 3 is 2.61 bits per heavy atom. The number of anilines is 1. The Morgan fingerprint density at radius 1 is 1.44 bits per heavy atom. The van der Waals surface area contributed by atoms with Gasteiger partial charge in [0.15, 0.2) is 0 Å². The van der Waals surface area contributed by atoms with Crippen LogP contribution in [0.25, 0.3) is 0 Å². The quantitative estimate of drug-likeness (QED) is 0.767. The van der Waals surface area contributed by atoms with Crippen LogP contribution in [0.5, 0.6) is 0 Å². The van der Waals surface area contributed by atoms with Crippen molar-refractivity contribution >= 4 is 11.7 Å². The third kappa shape index (κ3) is 3.23. The predicted molar refractivity (Wildman–Crippen MR) is 71.4 cm³/mol. The van der Waals surface area contributed by atoms with Gasteiger partial charge in [0.25, 0.3) is 0 Å². The van der Waals surface area contributed by atoms with E-state index in [1.165, 1.54) is 0 Å². The molecule has 3 atom stereocenters. The van der Waals surface area contributed by atoms with E-state index in [0.29, 0.717) is 12.0 Å². The topological polar surface area (TPSA) is 61.4 Å². The summed E-state index contributed by atoms with van der Waals surface area (Å²) in [5.74, 6) is 0.647. The Kier molecular flexibility index (Phi) is 3.87. The highest BCUT2D eigenvalue weighted by atomic mass is 16.3. The number of nitrogens with one attached hydrogen (secondary N) is 2. The third-order valence-electron chi connectivity index (χ3n) is 3.41. The lowest BCUT2D eigenvalue weighted by Crippen LogP contribution is -2.31. The second-order valence-electron chi connectivity index (χ2n) is 4.91. The zero-order valence-electron chi connectivity index (χ0n) is 10.8. The van der Waals surface area contributed by atoms with Gasteiger partial charge >= 0.3 is 6.03 Å². The summed E-state index contributed by atoms with van der Waals surface area (Å²) in [7, 11) is 0. The van der Waals surface area contributed by atoms with E-state index in [4.69, 9.17) is 0 Å². The lowest BCUT2D eigenvalue weighted by molar-refractivity contribution is 0.199. The molecule has 0 aromatic heterocycles. The number of urea groups is 1. The van der Waals surface area contributed by atoms with Crippen molar-refractivity contribution in [2.24, 2.45) is 5.92 Å². The summed E-state index contributed by atoms with van der Waals surface area (Å²) >= 11 is 0. The van der Waals surface area contributed by atoms with Crippen LogP contribution in [0.4, 0.5) is 10.5 Å². The van der Waals surface area contributed by atoms with Crippen molar-refractivity contribution in [2.45, 2.75) is 38.8 Å². The minimum atomic E-state index is -0.482. The maximum atomic E-state index is 11.7. The van der Waals surface area contributed by atoms with Gasteiger partial charge in [-0.1, -0.05) is 25.5 Å². The highest BCUT2D eigenvalue weighted by molar-refractivity contribution is 5.89. The van der Waals surface area contributed by atoms with Gasteiger partial charge in [0.1, 0.15) is 0 Å². The highest BCUT2D eigenvalue weighted by Crippen LogP contribution is 2.33. The van der Waals surface area contributed by atoms with Crippen LogP contribution in [-0.4, -0.2) is 17.2 Å². The molecule has 2 rings (SSSR count). The van der Waals surface area contributed by atoms with Crippen molar-refractivity contribution in [3.8, 4) is 0 Å². The average molecular weight is 248 g/mol. The molecule has 0 aliphatic heterocycles. The Balaban J connectivity index is 1.83. The minimum Gasteiger partial charge on any atom is -0.389 e. The van der Waals surface area contributed by atoms with E-state index in [2.05, 4.69) is 17.6 Å². The van der Waals surface area contributed by atoms with Crippen LogP contribution in [0, 0.1) is 5.92 Å². The van der Waals surface area contributed by atoms with Gasteiger partial charge in [0, 0.05) is 11.7 Å². The molecular weight excluding hydrogens is 228 g/mol. The van der Waals surface area contributed by atoms with E-state index in [1.807, 2.05) is 12.1 Å². The van der Waals surface area contributed by atoms with Crippen LogP contribution >= 0.6 is 0 Å². The molecular formula is C14H20N2O2. The number of aliphatic hydroxyl groups excluding tert-OH is 1. The molecule has 1 aliphatic carbocycles. The summed E-state index contributed by atoms with van der Waals surface area (Å²) in [4.78, 5) is 11.7. The summed E-state index contributed by atoms with van der Waals surface area (Å²) in [6, 6.07) is 7.41. The van der Waals surface area contributed by atoms with Crippen molar-refractivity contribution in [1.82, 2.24) is 5.32 Å². The number of aliphatic hydroxyl groups is 1. The molecule has 4 heteroatoms. The molecule has 0 saturated heterocycles. The first-order valence-electron chi connectivity index (χ1n) is 6.45. The number of carbonyl (C=O) groups excluding carboxylic acids is 1. The number of rotatable bonds is 4. The maximum absolute atomic E-state index is 11.7. The molecule has 1 aliphatic rings. The summed E-state index contributed by atoms with van der Waals surface area (Å²) < 4.78 is 0. The fourth-order valence-electron chi connectivity index (χ4n) is 2.06. The largest absolute Gasteiger partial charge is 0.389 e. The molecule has 18 heavy (non-hydrogen) atoms. The van der Waals surface area contributed by atoms with Crippen LogP contribution < -0.4 is 10.6 Å². The van der Waals surface area contributed by atoms with E-state index in [1.54, 1.807) is 19.1 Å². The number of hydrogen-bond acceptors (Lipinski definition) is 2. The first-order chi connectivity index (χ1) is 8.60. The highest BCUT2D eigenvalue weighted by Gasteiger charge is 2.36. The maximum Gasteiger partial charge on any atom is 0.319 e. The van der Waals surface area contributed by atoms with Crippen molar-refractivity contribution in [3.05, 3.63) is 29.8 Å². The van der Waals surface area contributed by atoms with E-state index in [0.717, 1.165) is 24.1 Å². The van der Waals surface area contributed by atoms with Crippen LogP contribution in [0.15, 0.2) is 24.3 Å². The van der Waals surface area contributed by atoms with Gasteiger partial charge in [-0.3, -0.25) is 0 Å². The second kappa shape index (κ2) is 5.40. The Morgan fingerprint density at radius 2 is 2.11 bits per heavy atom. The second-order valence-corrected chi connectivity index (χ2v) is 4.91. The molecule has 3 unspecified atom stereocenters. The summed E-state index contributed by atoms with van der Waals surface area (Å²) in [5, 5.41) is 15.1. The van der Waals surface area contributed by atoms with Crippen LogP contribution in [0.2, 0.25) is 0 Å². The van der Waals surface area contributed by atoms with Crippen molar-refractivity contribution in [2.75, 3.05) is 5.32 Å². The fourth-order valence-corrected chi connectivity index (χ4v) is 2.06. The Hall–Kier alpha value is -1.55. The first kappa shape index (κ1) is 12.9. The molecule has 3 N–H and O–H groups in total. The standard InChI is InChI=1S/C14H20N2O2/c1-3-10-8-13(10)16-14(18)15-12-6-4-11(5-7-12)9(2)17/h4-7,9-10,13,17H,3,8H2,1-2H3,(H2,15,16,18).